The highest BCUT2D eigenvalue weighted by atomic mass is 19.1. The number of esters is 1. The topological polar surface area (TPSA) is 141 Å². The highest BCUT2D eigenvalue weighted by Crippen LogP contribution is 2.24. The molecule has 0 spiro atoms. The van der Waals surface area contributed by atoms with E-state index >= 15 is 0 Å². The second-order valence-electron chi connectivity index (χ2n) is 10.6. The van der Waals surface area contributed by atoms with Gasteiger partial charge in [-0.25, -0.2) is 18.7 Å². The van der Waals surface area contributed by atoms with Crippen molar-refractivity contribution in [3.63, 3.8) is 0 Å². The number of aromatic nitrogens is 3. The molecule has 4 rings (SSSR count). The number of fused-ring (bicyclic) bond motifs is 2. The van der Waals surface area contributed by atoms with Crippen molar-refractivity contribution >= 4 is 29.2 Å². The van der Waals surface area contributed by atoms with Gasteiger partial charge in [-0.05, 0) is 44.4 Å². The number of hydrogen-bond donors (Lipinski definition) is 2. The molecule has 0 unspecified atom stereocenters. The summed E-state index contributed by atoms with van der Waals surface area (Å²) in [6.45, 7) is 8.75. The van der Waals surface area contributed by atoms with Crippen LogP contribution in [0.5, 0.6) is 5.75 Å². The van der Waals surface area contributed by atoms with E-state index in [1.54, 1.807) is 52.8 Å². The number of Topliss-reactive ketones (excluding diaryl/α,β-unsaturated/α-hetero) is 1. The van der Waals surface area contributed by atoms with E-state index in [1.165, 1.54) is 6.07 Å². The number of halogens is 1. The van der Waals surface area contributed by atoms with E-state index in [2.05, 4.69) is 20.7 Å². The molecule has 2 amide bonds. The summed E-state index contributed by atoms with van der Waals surface area (Å²) in [7, 11) is 0. The van der Waals surface area contributed by atoms with Crippen LogP contribution in [0, 0.1) is 11.7 Å². The molecule has 0 radical (unpaired) electrons. The number of carbonyl (C=O) groups excluding carboxylic acids is 4. The summed E-state index contributed by atoms with van der Waals surface area (Å²) in [5.74, 6) is -2.62. The number of nitrogens with one attached hydrogen (secondary N) is 2. The van der Waals surface area contributed by atoms with Gasteiger partial charge in [-0.3, -0.25) is 14.4 Å². The van der Waals surface area contributed by atoms with E-state index in [0.717, 1.165) is 16.3 Å². The molecule has 39 heavy (non-hydrogen) atoms. The summed E-state index contributed by atoms with van der Waals surface area (Å²) < 4.78 is 26.2. The van der Waals surface area contributed by atoms with E-state index in [1.807, 2.05) is 0 Å². The Kier molecular flexibility index (Phi) is 7.66. The normalized spacial score (nSPS) is 14.0. The van der Waals surface area contributed by atoms with Crippen molar-refractivity contribution in [1.29, 1.82) is 0 Å². The van der Waals surface area contributed by atoms with Crippen molar-refractivity contribution in [2.75, 3.05) is 6.61 Å². The molecule has 0 saturated heterocycles. The van der Waals surface area contributed by atoms with Gasteiger partial charge in [0.25, 0.3) is 11.8 Å². The highest BCUT2D eigenvalue weighted by Gasteiger charge is 2.31. The fourth-order valence-electron chi connectivity index (χ4n) is 4.01. The Hall–Kier alpha value is -4.35. The van der Waals surface area contributed by atoms with Gasteiger partial charge in [0.2, 0.25) is 0 Å². The quantitative estimate of drug-likeness (QED) is 0.436. The standard InChI is InChI=1S/C27H30FN5O6/c1-14(2)22(26(37)39-27(3,4)5)32-25(36)20-10-19(31-23-18(28)12-30-33(20)23)24(35)29-11-15-6-7-21-16(8-15)9-17(34)13-38-21/h6-8,10,12,14,22H,9,11,13H2,1-5H3,(H,29,35)(H,32,36)/t22-/m0/s1. The van der Waals surface area contributed by atoms with Crippen LogP contribution in [0.15, 0.2) is 30.5 Å². The molecule has 0 bridgehead atoms. The van der Waals surface area contributed by atoms with E-state index in [0.29, 0.717) is 11.3 Å². The molecule has 0 saturated carbocycles. The van der Waals surface area contributed by atoms with Gasteiger partial charge in [0, 0.05) is 24.6 Å². The van der Waals surface area contributed by atoms with Crippen molar-refractivity contribution in [3.05, 3.63) is 58.8 Å². The number of amides is 2. The molecular formula is C27H30FN5O6. The molecule has 12 heteroatoms. The van der Waals surface area contributed by atoms with E-state index in [4.69, 9.17) is 9.47 Å². The molecular weight excluding hydrogens is 509 g/mol. The lowest BCUT2D eigenvalue weighted by Gasteiger charge is -2.26. The predicted molar refractivity (Wildman–Crippen MR) is 137 cm³/mol. The number of hydrogen-bond acceptors (Lipinski definition) is 8. The lowest BCUT2D eigenvalue weighted by Crippen LogP contribution is -2.47. The Morgan fingerprint density at radius 2 is 1.92 bits per heavy atom. The molecule has 1 atom stereocenters. The zero-order valence-electron chi connectivity index (χ0n) is 22.3. The van der Waals surface area contributed by atoms with Crippen LogP contribution in [0.25, 0.3) is 5.65 Å². The summed E-state index contributed by atoms with van der Waals surface area (Å²) in [6.07, 6.45) is 1.13. The Morgan fingerprint density at radius 3 is 2.62 bits per heavy atom. The zero-order valence-corrected chi connectivity index (χ0v) is 22.3. The van der Waals surface area contributed by atoms with Crippen molar-refractivity contribution in [1.82, 2.24) is 25.2 Å². The Morgan fingerprint density at radius 1 is 1.18 bits per heavy atom. The van der Waals surface area contributed by atoms with E-state index in [-0.39, 0.29) is 48.3 Å². The van der Waals surface area contributed by atoms with Gasteiger partial charge in [0.1, 0.15) is 35.4 Å². The van der Waals surface area contributed by atoms with Crippen LogP contribution in [0.1, 0.15) is 66.7 Å². The maximum absolute atomic E-state index is 14.5. The zero-order chi connectivity index (χ0) is 28.5. The third kappa shape index (κ3) is 6.39. The third-order valence-corrected chi connectivity index (χ3v) is 5.86. The van der Waals surface area contributed by atoms with Gasteiger partial charge in [-0.15, -0.1) is 0 Å². The smallest absolute Gasteiger partial charge is 0.329 e. The molecule has 1 aliphatic heterocycles. The monoisotopic (exact) mass is 539 g/mol. The number of carbonyl (C=O) groups is 4. The minimum atomic E-state index is -1.00. The Labute approximate surface area is 224 Å². The number of benzene rings is 1. The highest BCUT2D eigenvalue weighted by molar-refractivity contribution is 5.99. The third-order valence-electron chi connectivity index (χ3n) is 5.86. The molecule has 1 aliphatic rings. The maximum atomic E-state index is 14.5. The molecule has 0 fully saturated rings. The first-order valence-electron chi connectivity index (χ1n) is 12.4. The van der Waals surface area contributed by atoms with Crippen LogP contribution < -0.4 is 15.4 Å². The van der Waals surface area contributed by atoms with Crippen molar-refractivity contribution in [2.45, 2.75) is 59.2 Å². The second kappa shape index (κ2) is 10.8. The van der Waals surface area contributed by atoms with Crippen LogP contribution in [0.3, 0.4) is 0 Å². The van der Waals surface area contributed by atoms with Crippen LogP contribution in [0.4, 0.5) is 4.39 Å². The summed E-state index contributed by atoms with van der Waals surface area (Å²) in [6, 6.07) is 5.42. The minimum Gasteiger partial charge on any atom is -0.486 e. The average Bonchev–Trinajstić information content (AvgIpc) is 3.24. The fraction of sp³-hybridized carbons (Fsp3) is 0.407. The molecule has 2 aromatic heterocycles. The lowest BCUT2D eigenvalue weighted by molar-refractivity contribution is -0.158. The molecule has 206 valence electrons. The van der Waals surface area contributed by atoms with Gasteiger partial charge in [0.15, 0.2) is 17.2 Å². The Balaban J connectivity index is 1.56. The molecule has 0 aliphatic carbocycles. The average molecular weight is 540 g/mol. The van der Waals surface area contributed by atoms with E-state index < -0.39 is 35.2 Å². The minimum absolute atomic E-state index is 0.0357. The molecule has 2 N–H and O–H groups in total. The van der Waals surface area contributed by atoms with E-state index in [9.17, 15) is 23.6 Å². The predicted octanol–water partition coefficient (Wildman–Crippen LogP) is 2.40. The number of rotatable bonds is 7. The summed E-state index contributed by atoms with van der Waals surface area (Å²) in [5, 5.41) is 9.18. The Bertz CT molecular complexity index is 1460. The fourth-order valence-corrected chi connectivity index (χ4v) is 4.01. The summed E-state index contributed by atoms with van der Waals surface area (Å²) in [4.78, 5) is 54.7. The number of ether oxygens (including phenoxy) is 2. The molecule has 1 aromatic carbocycles. The van der Waals surface area contributed by atoms with Crippen molar-refractivity contribution < 1.29 is 33.0 Å². The molecule has 3 aromatic rings. The van der Waals surface area contributed by atoms with Crippen LogP contribution in [0.2, 0.25) is 0 Å². The van der Waals surface area contributed by atoms with Crippen LogP contribution >= 0.6 is 0 Å². The van der Waals surface area contributed by atoms with Gasteiger partial charge in [0.05, 0.1) is 6.20 Å². The molecule has 11 nitrogen and oxygen atoms in total. The summed E-state index contributed by atoms with van der Waals surface area (Å²) >= 11 is 0. The summed E-state index contributed by atoms with van der Waals surface area (Å²) in [5.41, 5.74) is -0.0598. The van der Waals surface area contributed by atoms with Gasteiger partial charge in [-0.2, -0.15) is 5.10 Å². The second-order valence-corrected chi connectivity index (χ2v) is 10.6. The first-order valence-corrected chi connectivity index (χ1v) is 12.4. The largest absolute Gasteiger partial charge is 0.486 e. The first-order chi connectivity index (χ1) is 18.3. The lowest BCUT2D eigenvalue weighted by atomic mass is 10.0. The van der Waals surface area contributed by atoms with Crippen LogP contribution in [-0.2, 0) is 27.3 Å². The van der Waals surface area contributed by atoms with Crippen LogP contribution in [-0.4, -0.2) is 56.4 Å². The number of nitrogens with zero attached hydrogens (tertiary/aromatic N) is 3. The number of ketones is 1. The van der Waals surface area contributed by atoms with Crippen molar-refractivity contribution in [2.24, 2.45) is 5.92 Å². The van der Waals surface area contributed by atoms with Gasteiger partial charge < -0.3 is 20.1 Å². The van der Waals surface area contributed by atoms with Gasteiger partial charge in [-0.1, -0.05) is 19.9 Å². The van der Waals surface area contributed by atoms with Gasteiger partial charge >= 0.3 is 5.97 Å². The SMILES string of the molecule is CC(C)[C@H](NC(=O)c1cc(C(=O)NCc2ccc3c(c2)CC(=O)CO3)nc2c(F)cnn12)C(=O)OC(C)(C)C. The van der Waals surface area contributed by atoms with Crippen molar-refractivity contribution in [3.8, 4) is 5.75 Å². The maximum Gasteiger partial charge on any atom is 0.329 e. The molecule has 3 heterocycles. The first kappa shape index (κ1) is 27.7.